The Morgan fingerprint density at radius 2 is 1.96 bits per heavy atom. The Kier molecular flexibility index (Phi) is 4.58. The van der Waals surface area contributed by atoms with Gasteiger partial charge in [0.05, 0.1) is 6.61 Å². The number of pyridine rings is 1. The highest BCUT2D eigenvalue weighted by molar-refractivity contribution is 5.40. The van der Waals surface area contributed by atoms with Crippen LogP contribution in [0.3, 0.4) is 0 Å². The van der Waals surface area contributed by atoms with Crippen LogP contribution >= 0.6 is 0 Å². The van der Waals surface area contributed by atoms with Crippen LogP contribution in [-0.4, -0.2) is 34.6 Å². The van der Waals surface area contributed by atoms with Crippen molar-refractivity contribution in [2.24, 2.45) is 5.92 Å². The summed E-state index contributed by atoms with van der Waals surface area (Å²) in [6, 6.07) is 6.03. The molecule has 2 fully saturated rings. The second kappa shape index (κ2) is 7.16. The molecular formula is C19H24N4O. The molecule has 0 amide bonds. The zero-order valence-corrected chi connectivity index (χ0v) is 14.0. The summed E-state index contributed by atoms with van der Waals surface area (Å²) < 4.78 is 5.92. The fraction of sp³-hybridized carbons (Fsp3) is 0.526. The van der Waals surface area contributed by atoms with Crippen molar-refractivity contribution in [3.63, 3.8) is 0 Å². The average Bonchev–Trinajstić information content (AvgIpc) is 2.60. The van der Waals surface area contributed by atoms with E-state index in [1.54, 1.807) is 18.7 Å². The summed E-state index contributed by atoms with van der Waals surface area (Å²) in [5.41, 5.74) is 1.22. The van der Waals surface area contributed by atoms with E-state index < -0.39 is 0 Å². The molecule has 0 spiro atoms. The quantitative estimate of drug-likeness (QED) is 0.843. The predicted octanol–water partition coefficient (Wildman–Crippen LogP) is 3.43. The maximum Gasteiger partial charge on any atom is 0.132 e. The number of rotatable bonds is 5. The first kappa shape index (κ1) is 15.4. The van der Waals surface area contributed by atoms with Gasteiger partial charge >= 0.3 is 0 Å². The number of aromatic nitrogens is 3. The van der Waals surface area contributed by atoms with Gasteiger partial charge in [0.25, 0.3) is 0 Å². The molecule has 2 aromatic rings. The summed E-state index contributed by atoms with van der Waals surface area (Å²) in [4.78, 5) is 15.4. The highest BCUT2D eigenvalue weighted by Crippen LogP contribution is 2.36. The van der Waals surface area contributed by atoms with Gasteiger partial charge in [-0.25, -0.2) is 9.97 Å². The van der Waals surface area contributed by atoms with Crippen LogP contribution in [-0.2, 0) is 0 Å². The molecule has 126 valence electrons. The second-order valence-corrected chi connectivity index (χ2v) is 6.88. The van der Waals surface area contributed by atoms with E-state index in [0.717, 1.165) is 31.3 Å². The first-order valence-corrected chi connectivity index (χ1v) is 8.98. The zero-order valence-electron chi connectivity index (χ0n) is 14.0. The van der Waals surface area contributed by atoms with E-state index in [2.05, 4.69) is 25.9 Å². The molecule has 24 heavy (non-hydrogen) atoms. The van der Waals surface area contributed by atoms with Crippen molar-refractivity contribution in [3.05, 3.63) is 42.6 Å². The predicted molar refractivity (Wildman–Crippen MR) is 93.3 cm³/mol. The van der Waals surface area contributed by atoms with Crippen LogP contribution in [0.4, 0.5) is 5.82 Å². The van der Waals surface area contributed by atoms with Gasteiger partial charge in [0, 0.05) is 49.1 Å². The van der Waals surface area contributed by atoms with Crippen LogP contribution in [0.2, 0.25) is 0 Å². The number of hydrogen-bond donors (Lipinski definition) is 0. The molecule has 5 nitrogen and oxygen atoms in total. The van der Waals surface area contributed by atoms with Crippen molar-refractivity contribution < 1.29 is 4.74 Å². The molecule has 1 unspecified atom stereocenters. The normalized spacial score (nSPS) is 21.3. The lowest BCUT2D eigenvalue weighted by atomic mass is 9.83. The van der Waals surface area contributed by atoms with Crippen LogP contribution in [0.15, 0.2) is 36.9 Å². The summed E-state index contributed by atoms with van der Waals surface area (Å²) in [6.07, 6.45) is 11.6. The lowest BCUT2D eigenvalue weighted by Gasteiger charge is -2.34. The third kappa shape index (κ3) is 3.50. The molecule has 5 heteroatoms. The molecule has 0 N–H and O–H groups in total. The van der Waals surface area contributed by atoms with E-state index in [-0.39, 0.29) is 0 Å². The summed E-state index contributed by atoms with van der Waals surface area (Å²) in [5.74, 6) is 3.17. The fourth-order valence-corrected chi connectivity index (χ4v) is 3.52. The van der Waals surface area contributed by atoms with Gasteiger partial charge in [0.2, 0.25) is 0 Å². The average molecular weight is 324 g/mol. The van der Waals surface area contributed by atoms with Crippen molar-refractivity contribution in [2.45, 2.75) is 38.0 Å². The molecule has 1 saturated heterocycles. The molecule has 2 aromatic heterocycles. The van der Waals surface area contributed by atoms with Gasteiger partial charge in [-0.15, -0.1) is 0 Å². The highest BCUT2D eigenvalue weighted by atomic mass is 16.5. The molecule has 1 aliphatic carbocycles. The van der Waals surface area contributed by atoms with E-state index >= 15 is 0 Å². The maximum absolute atomic E-state index is 5.92. The third-order valence-corrected chi connectivity index (χ3v) is 5.18. The van der Waals surface area contributed by atoms with Gasteiger partial charge in [0.15, 0.2) is 0 Å². The largest absolute Gasteiger partial charge is 0.493 e. The van der Waals surface area contributed by atoms with Gasteiger partial charge in [0.1, 0.15) is 17.9 Å². The first-order chi connectivity index (χ1) is 11.9. The van der Waals surface area contributed by atoms with Gasteiger partial charge in [-0.2, -0.15) is 0 Å². The molecule has 1 aliphatic heterocycles. The van der Waals surface area contributed by atoms with Crippen molar-refractivity contribution in [3.8, 4) is 5.75 Å². The zero-order chi connectivity index (χ0) is 16.2. The fourth-order valence-electron chi connectivity index (χ4n) is 3.52. The number of piperidine rings is 1. The Morgan fingerprint density at radius 1 is 1.08 bits per heavy atom. The topological polar surface area (TPSA) is 51.1 Å². The van der Waals surface area contributed by atoms with E-state index in [4.69, 9.17) is 4.74 Å². The lowest BCUT2D eigenvalue weighted by molar-refractivity contribution is 0.228. The molecule has 0 radical (unpaired) electrons. The Morgan fingerprint density at radius 3 is 2.75 bits per heavy atom. The summed E-state index contributed by atoms with van der Waals surface area (Å²) >= 11 is 0. The number of nitrogens with zero attached hydrogens (tertiary/aromatic N) is 4. The molecule has 4 rings (SSSR count). The lowest BCUT2D eigenvalue weighted by Crippen LogP contribution is -2.38. The molecular weight excluding hydrogens is 300 g/mol. The SMILES string of the molecule is c1cc(OCC2CCCN(c3cc(C4CCC4)ncn3)C2)ccn1. The van der Waals surface area contributed by atoms with E-state index in [9.17, 15) is 0 Å². The summed E-state index contributed by atoms with van der Waals surface area (Å²) in [5, 5.41) is 0. The first-order valence-electron chi connectivity index (χ1n) is 8.98. The standard InChI is InChI=1S/C19H24N4O/c1-4-16(5-1)18-11-19(22-14-21-18)23-10-2-3-15(12-23)13-24-17-6-8-20-9-7-17/h6-9,11,14-16H,1-5,10,12-13H2. The Hall–Kier alpha value is -2.17. The van der Waals surface area contributed by atoms with Crippen LogP contribution in [0, 0.1) is 5.92 Å². The van der Waals surface area contributed by atoms with Gasteiger partial charge in [-0.05, 0) is 37.8 Å². The number of anilines is 1. The van der Waals surface area contributed by atoms with Crippen molar-refractivity contribution in [1.82, 2.24) is 15.0 Å². The molecule has 2 aliphatic rings. The van der Waals surface area contributed by atoms with Crippen LogP contribution in [0.25, 0.3) is 0 Å². The minimum absolute atomic E-state index is 0.536. The number of hydrogen-bond acceptors (Lipinski definition) is 5. The third-order valence-electron chi connectivity index (χ3n) is 5.18. The Bertz CT molecular complexity index is 659. The summed E-state index contributed by atoms with van der Waals surface area (Å²) in [7, 11) is 0. The Balaban J connectivity index is 1.37. The van der Waals surface area contributed by atoms with Crippen LogP contribution in [0.5, 0.6) is 5.75 Å². The van der Waals surface area contributed by atoms with E-state index in [1.165, 1.54) is 37.8 Å². The highest BCUT2D eigenvalue weighted by Gasteiger charge is 2.24. The molecule has 1 atom stereocenters. The van der Waals surface area contributed by atoms with Crippen LogP contribution < -0.4 is 9.64 Å². The number of ether oxygens (including phenoxy) is 1. The molecule has 1 saturated carbocycles. The van der Waals surface area contributed by atoms with Gasteiger partial charge in [-0.1, -0.05) is 6.42 Å². The second-order valence-electron chi connectivity index (χ2n) is 6.88. The molecule has 3 heterocycles. The van der Waals surface area contributed by atoms with Crippen molar-refractivity contribution in [1.29, 1.82) is 0 Å². The summed E-state index contributed by atoms with van der Waals surface area (Å²) in [6.45, 7) is 2.83. The van der Waals surface area contributed by atoms with E-state index in [0.29, 0.717) is 11.8 Å². The smallest absolute Gasteiger partial charge is 0.132 e. The maximum atomic E-state index is 5.92. The van der Waals surface area contributed by atoms with E-state index in [1.807, 2.05) is 12.1 Å². The van der Waals surface area contributed by atoms with Crippen LogP contribution in [0.1, 0.15) is 43.7 Å². The van der Waals surface area contributed by atoms with Gasteiger partial charge in [-0.3, -0.25) is 4.98 Å². The molecule has 0 bridgehead atoms. The molecule has 0 aromatic carbocycles. The van der Waals surface area contributed by atoms with Crippen molar-refractivity contribution in [2.75, 3.05) is 24.6 Å². The minimum Gasteiger partial charge on any atom is -0.493 e. The monoisotopic (exact) mass is 324 g/mol. The Labute approximate surface area is 143 Å². The van der Waals surface area contributed by atoms with Gasteiger partial charge < -0.3 is 9.64 Å². The minimum atomic E-state index is 0.536. The van der Waals surface area contributed by atoms with Crippen molar-refractivity contribution >= 4 is 5.82 Å².